The molecule has 0 radical (unpaired) electrons. The van der Waals surface area contributed by atoms with Crippen LogP contribution < -0.4 is 9.96 Å². The van der Waals surface area contributed by atoms with E-state index in [4.69, 9.17) is 4.74 Å². The van der Waals surface area contributed by atoms with Gasteiger partial charge in [-0.25, -0.2) is 0 Å². The van der Waals surface area contributed by atoms with Crippen molar-refractivity contribution in [2.24, 2.45) is 0 Å². The van der Waals surface area contributed by atoms with E-state index in [0.29, 0.717) is 6.61 Å². The van der Waals surface area contributed by atoms with Crippen LogP contribution in [0, 0.1) is 0 Å². The van der Waals surface area contributed by atoms with Gasteiger partial charge in [-0.2, -0.15) is 0 Å². The molecule has 0 spiro atoms. The molecule has 3 rings (SSSR count). The summed E-state index contributed by atoms with van der Waals surface area (Å²) in [6, 6.07) is 22.1. The van der Waals surface area contributed by atoms with Gasteiger partial charge >= 0.3 is 7.05 Å². The molecule has 0 bridgehead atoms. The molecule has 0 aliphatic rings. The van der Waals surface area contributed by atoms with E-state index in [9.17, 15) is 5.02 Å². The minimum absolute atomic E-state index is 0.540. The Morgan fingerprint density at radius 3 is 2.59 bits per heavy atom. The maximum Gasteiger partial charge on any atom is 0.406 e. The monoisotopic (exact) mass is 291 g/mol. The minimum Gasteiger partial charge on any atom is -0.489 e. The topological polar surface area (TPSA) is 41.5 Å². The summed E-state index contributed by atoms with van der Waals surface area (Å²) in [6.07, 6.45) is 0. The smallest absolute Gasteiger partial charge is 0.406 e. The lowest BCUT2D eigenvalue weighted by Gasteiger charge is -2.12. The summed E-state index contributed by atoms with van der Waals surface area (Å²) in [5, 5.41) is 14.7. The molecule has 3 nitrogen and oxygen atoms in total. The normalized spacial score (nSPS) is 10.5. The molecular formula is C18H18BNO2. The van der Waals surface area contributed by atoms with E-state index in [0.717, 1.165) is 27.8 Å². The molecule has 0 aromatic heterocycles. The molecule has 3 aromatic rings. The molecule has 0 aliphatic carbocycles. The maximum absolute atomic E-state index is 9.54. The van der Waals surface area contributed by atoms with Crippen molar-refractivity contribution < 1.29 is 9.76 Å². The van der Waals surface area contributed by atoms with Crippen LogP contribution in [0.15, 0.2) is 66.7 Å². The minimum atomic E-state index is -0.598. The fourth-order valence-electron chi connectivity index (χ4n) is 2.43. The Morgan fingerprint density at radius 2 is 1.82 bits per heavy atom. The van der Waals surface area contributed by atoms with Gasteiger partial charge in [0.15, 0.2) is 0 Å². The second-order valence-corrected chi connectivity index (χ2v) is 5.28. The van der Waals surface area contributed by atoms with Crippen LogP contribution in [0.4, 0.5) is 5.69 Å². The number of fused-ring (bicyclic) bond motifs is 1. The Balaban J connectivity index is 1.85. The standard InChI is InChI=1S/C18H18BNO2/c1-19(21)20-18-9-5-8-15-10-11-16(12-17(15)18)22-13-14-6-3-2-4-7-14/h2-12,20-21H,13H2,1H3. The lowest BCUT2D eigenvalue weighted by molar-refractivity contribution is 0.306. The first kappa shape index (κ1) is 14.5. The summed E-state index contributed by atoms with van der Waals surface area (Å²) >= 11 is 0. The third-order valence-corrected chi connectivity index (χ3v) is 3.47. The molecule has 2 N–H and O–H groups in total. The second-order valence-electron chi connectivity index (χ2n) is 5.28. The predicted molar refractivity (Wildman–Crippen MR) is 92.2 cm³/mol. The van der Waals surface area contributed by atoms with Crippen LogP contribution in [0.3, 0.4) is 0 Å². The second kappa shape index (κ2) is 6.54. The zero-order valence-electron chi connectivity index (χ0n) is 12.5. The maximum atomic E-state index is 9.54. The van der Waals surface area contributed by atoms with Crippen molar-refractivity contribution in [1.82, 2.24) is 0 Å². The number of hydrogen-bond donors (Lipinski definition) is 2. The Labute approximate surface area is 130 Å². The third-order valence-electron chi connectivity index (χ3n) is 3.47. The first-order valence-corrected chi connectivity index (χ1v) is 7.36. The van der Waals surface area contributed by atoms with E-state index < -0.39 is 7.05 Å². The highest BCUT2D eigenvalue weighted by molar-refractivity contribution is 6.53. The van der Waals surface area contributed by atoms with E-state index in [1.165, 1.54) is 0 Å². The molecular weight excluding hydrogens is 273 g/mol. The van der Waals surface area contributed by atoms with Gasteiger partial charge in [0.1, 0.15) is 12.4 Å². The van der Waals surface area contributed by atoms with Gasteiger partial charge in [0.05, 0.1) is 0 Å². The average molecular weight is 291 g/mol. The van der Waals surface area contributed by atoms with Crippen molar-refractivity contribution >= 4 is 23.5 Å². The molecule has 0 fully saturated rings. The van der Waals surface area contributed by atoms with Crippen LogP contribution in [0.5, 0.6) is 5.75 Å². The summed E-state index contributed by atoms with van der Waals surface area (Å²) < 4.78 is 5.87. The van der Waals surface area contributed by atoms with Crippen LogP contribution in [-0.2, 0) is 6.61 Å². The molecule has 0 unspecified atom stereocenters. The summed E-state index contributed by atoms with van der Waals surface area (Å²) in [6.45, 7) is 2.24. The molecule has 4 heteroatoms. The van der Waals surface area contributed by atoms with Gasteiger partial charge in [0, 0.05) is 11.1 Å². The van der Waals surface area contributed by atoms with E-state index in [-0.39, 0.29) is 0 Å². The summed E-state index contributed by atoms with van der Waals surface area (Å²) in [4.78, 5) is 0. The molecule has 0 amide bonds. The average Bonchev–Trinajstić information content (AvgIpc) is 2.54. The van der Waals surface area contributed by atoms with Gasteiger partial charge in [-0.05, 0) is 36.0 Å². The number of ether oxygens (including phenoxy) is 1. The lowest BCUT2D eigenvalue weighted by atomic mass is 9.88. The van der Waals surface area contributed by atoms with E-state index in [1.54, 1.807) is 6.82 Å². The highest BCUT2D eigenvalue weighted by Gasteiger charge is 2.07. The quantitative estimate of drug-likeness (QED) is 0.700. The summed E-state index contributed by atoms with van der Waals surface area (Å²) in [7, 11) is -0.598. The van der Waals surface area contributed by atoms with Crippen LogP contribution in [0.25, 0.3) is 10.8 Å². The first-order chi connectivity index (χ1) is 10.7. The Hall–Kier alpha value is -2.46. The first-order valence-electron chi connectivity index (χ1n) is 7.36. The van der Waals surface area contributed by atoms with Crippen LogP contribution in [0.1, 0.15) is 5.56 Å². The highest BCUT2D eigenvalue weighted by Crippen LogP contribution is 2.28. The van der Waals surface area contributed by atoms with E-state index in [2.05, 4.69) is 5.23 Å². The molecule has 110 valence electrons. The molecule has 3 aromatic carbocycles. The lowest BCUT2D eigenvalue weighted by Crippen LogP contribution is -2.19. The molecule has 0 saturated carbocycles. The van der Waals surface area contributed by atoms with Crippen molar-refractivity contribution in [3.8, 4) is 5.75 Å². The summed E-state index contributed by atoms with van der Waals surface area (Å²) in [5.74, 6) is 0.816. The fraction of sp³-hybridized carbons (Fsp3) is 0.111. The zero-order valence-corrected chi connectivity index (χ0v) is 12.5. The van der Waals surface area contributed by atoms with Crippen molar-refractivity contribution in [2.75, 3.05) is 5.23 Å². The fourth-order valence-corrected chi connectivity index (χ4v) is 2.43. The third kappa shape index (κ3) is 3.41. The zero-order chi connectivity index (χ0) is 15.4. The summed E-state index contributed by atoms with van der Waals surface area (Å²) in [5.41, 5.74) is 2.04. The highest BCUT2D eigenvalue weighted by atomic mass is 16.5. The molecule has 0 atom stereocenters. The Bertz CT molecular complexity index is 759. The Kier molecular flexibility index (Phi) is 4.30. The van der Waals surface area contributed by atoms with Gasteiger partial charge in [0.25, 0.3) is 0 Å². The number of rotatable bonds is 5. The van der Waals surface area contributed by atoms with Gasteiger partial charge in [-0.15, -0.1) is 0 Å². The predicted octanol–water partition coefficient (Wildman–Crippen LogP) is 3.94. The van der Waals surface area contributed by atoms with E-state index >= 15 is 0 Å². The van der Waals surface area contributed by atoms with E-state index in [1.807, 2.05) is 66.7 Å². The van der Waals surface area contributed by atoms with Crippen LogP contribution >= 0.6 is 0 Å². The van der Waals surface area contributed by atoms with Crippen molar-refractivity contribution in [3.05, 3.63) is 72.3 Å². The SMILES string of the molecule is CB(O)Nc1cccc2ccc(OCc3ccccc3)cc12. The molecule has 22 heavy (non-hydrogen) atoms. The Morgan fingerprint density at radius 1 is 1.00 bits per heavy atom. The van der Waals surface area contributed by atoms with Crippen LogP contribution in [-0.4, -0.2) is 12.1 Å². The number of nitrogens with one attached hydrogen (secondary N) is 1. The largest absolute Gasteiger partial charge is 0.489 e. The van der Waals surface area contributed by atoms with Crippen molar-refractivity contribution in [3.63, 3.8) is 0 Å². The van der Waals surface area contributed by atoms with Crippen molar-refractivity contribution in [1.29, 1.82) is 0 Å². The van der Waals surface area contributed by atoms with Gasteiger partial charge < -0.3 is 15.0 Å². The number of hydrogen-bond acceptors (Lipinski definition) is 3. The van der Waals surface area contributed by atoms with Gasteiger partial charge in [0.2, 0.25) is 0 Å². The molecule has 0 aliphatic heterocycles. The molecule has 0 saturated heterocycles. The van der Waals surface area contributed by atoms with Crippen molar-refractivity contribution in [2.45, 2.75) is 13.4 Å². The number of benzene rings is 3. The van der Waals surface area contributed by atoms with Gasteiger partial charge in [-0.1, -0.05) is 48.5 Å². The number of anilines is 1. The van der Waals surface area contributed by atoms with Crippen LogP contribution in [0.2, 0.25) is 6.82 Å². The molecule has 0 heterocycles. The van der Waals surface area contributed by atoms with Gasteiger partial charge in [-0.3, -0.25) is 0 Å².